The summed E-state index contributed by atoms with van der Waals surface area (Å²) in [6.07, 6.45) is 6.83. The van der Waals surface area contributed by atoms with E-state index >= 15 is 0 Å². The van der Waals surface area contributed by atoms with Gasteiger partial charge in [-0.1, -0.05) is 42.0 Å². The quantitative estimate of drug-likeness (QED) is 0.702. The molecule has 30 heavy (non-hydrogen) atoms. The molecule has 1 fully saturated rings. The predicted octanol–water partition coefficient (Wildman–Crippen LogP) is 4.00. The Kier molecular flexibility index (Phi) is 5.78. The van der Waals surface area contributed by atoms with E-state index in [0.717, 1.165) is 40.4 Å². The Bertz CT molecular complexity index is 969. The Morgan fingerprint density at radius 2 is 1.83 bits per heavy atom. The molecule has 0 bridgehead atoms. The van der Waals surface area contributed by atoms with Crippen molar-refractivity contribution in [1.82, 2.24) is 14.8 Å². The molecule has 1 spiro atoms. The van der Waals surface area contributed by atoms with Gasteiger partial charge in [-0.3, -0.25) is 9.59 Å². The lowest BCUT2D eigenvalue weighted by atomic mass is 9.74. The van der Waals surface area contributed by atoms with Gasteiger partial charge in [0.15, 0.2) is 0 Å². The number of piperidine rings is 1. The number of allylic oxidation sites excluding steroid dienone is 1. The van der Waals surface area contributed by atoms with Crippen LogP contribution in [-0.2, 0) is 16.0 Å². The average molecular weight is 424 g/mol. The molecule has 1 aromatic carbocycles. The Balaban J connectivity index is 1.45. The van der Waals surface area contributed by atoms with E-state index in [9.17, 15) is 9.59 Å². The summed E-state index contributed by atoms with van der Waals surface area (Å²) in [4.78, 5) is 35.5. The average Bonchev–Trinajstić information content (AvgIpc) is 3.05. The van der Waals surface area contributed by atoms with E-state index in [0.29, 0.717) is 26.1 Å². The number of hydrogen-bond donors (Lipinski definition) is 0. The first-order valence-electron chi connectivity index (χ1n) is 10.6. The molecule has 0 radical (unpaired) electrons. The first-order valence-corrected chi connectivity index (χ1v) is 11.4. The van der Waals surface area contributed by atoms with Crippen LogP contribution in [0.5, 0.6) is 0 Å². The summed E-state index contributed by atoms with van der Waals surface area (Å²) in [5, 5.41) is 0.977. The molecule has 6 heteroatoms. The van der Waals surface area contributed by atoms with E-state index in [1.54, 1.807) is 11.3 Å². The molecule has 2 aromatic rings. The molecule has 1 saturated heterocycles. The zero-order valence-electron chi connectivity index (χ0n) is 18.0. The van der Waals surface area contributed by atoms with Crippen molar-refractivity contribution in [3.05, 3.63) is 51.9 Å². The minimum atomic E-state index is -0.341. The van der Waals surface area contributed by atoms with Crippen LogP contribution < -0.4 is 0 Å². The number of benzene rings is 1. The summed E-state index contributed by atoms with van der Waals surface area (Å²) in [6.45, 7) is 6.02. The van der Waals surface area contributed by atoms with Crippen LogP contribution in [-0.4, -0.2) is 53.3 Å². The van der Waals surface area contributed by atoms with Gasteiger partial charge in [-0.15, -0.1) is 11.3 Å². The largest absolute Gasteiger partial charge is 0.342 e. The van der Waals surface area contributed by atoms with E-state index in [1.807, 2.05) is 23.8 Å². The first kappa shape index (κ1) is 20.8. The minimum absolute atomic E-state index is 0.131. The van der Waals surface area contributed by atoms with Crippen molar-refractivity contribution >= 4 is 23.2 Å². The number of carbonyl (C=O) groups is 2. The lowest BCUT2D eigenvalue weighted by molar-refractivity contribution is -0.146. The zero-order valence-corrected chi connectivity index (χ0v) is 18.8. The molecule has 0 aliphatic carbocycles. The summed E-state index contributed by atoms with van der Waals surface area (Å²) in [6, 6.07) is 8.30. The highest BCUT2D eigenvalue weighted by molar-refractivity contribution is 7.12. The smallest absolute Gasteiger partial charge is 0.229 e. The summed E-state index contributed by atoms with van der Waals surface area (Å²) in [5.74, 6) is 0.353. The Hall–Kier alpha value is -2.47. The number of rotatable bonds is 3. The van der Waals surface area contributed by atoms with Crippen LogP contribution in [0.3, 0.4) is 0 Å². The van der Waals surface area contributed by atoms with Crippen LogP contribution in [0, 0.1) is 19.3 Å². The van der Waals surface area contributed by atoms with Crippen LogP contribution in [0.2, 0.25) is 0 Å². The number of likely N-dealkylation sites (tertiary alicyclic amines) is 1. The molecule has 4 rings (SSSR count). The van der Waals surface area contributed by atoms with Crippen molar-refractivity contribution in [2.45, 2.75) is 39.5 Å². The van der Waals surface area contributed by atoms with Crippen LogP contribution in [0.1, 0.15) is 34.7 Å². The highest BCUT2D eigenvalue weighted by Gasteiger charge is 2.43. The molecular weight excluding hydrogens is 394 g/mol. The van der Waals surface area contributed by atoms with Gasteiger partial charge in [0, 0.05) is 37.1 Å². The molecule has 2 aliphatic rings. The number of carbonyl (C=O) groups excluding carboxylic acids is 2. The molecule has 3 heterocycles. The third kappa shape index (κ3) is 4.06. The molecule has 0 N–H and O–H groups in total. The van der Waals surface area contributed by atoms with Crippen molar-refractivity contribution in [2.24, 2.45) is 5.41 Å². The fourth-order valence-corrected chi connectivity index (χ4v) is 5.44. The van der Waals surface area contributed by atoms with Gasteiger partial charge in [-0.05, 0) is 33.1 Å². The van der Waals surface area contributed by atoms with Crippen LogP contribution >= 0.6 is 11.3 Å². The SMILES string of the molecule is Cc1ccc(-c2nc(C)sc2CC(=O)N2CCC3(CC=CCN(C)C3=O)CC2)cc1. The van der Waals surface area contributed by atoms with Gasteiger partial charge in [-0.2, -0.15) is 0 Å². The van der Waals surface area contributed by atoms with Crippen molar-refractivity contribution < 1.29 is 9.59 Å². The minimum Gasteiger partial charge on any atom is -0.342 e. The zero-order chi connectivity index (χ0) is 21.3. The standard InChI is InChI=1S/C24H29N3O2S/c1-17-6-8-19(9-7-17)22-20(30-18(2)25-22)16-21(28)27-14-11-24(12-15-27)10-4-5-13-26(3)23(24)29/h4-9H,10-16H2,1-3H3. The third-order valence-electron chi connectivity index (χ3n) is 6.37. The lowest BCUT2D eigenvalue weighted by Gasteiger charge is -2.41. The van der Waals surface area contributed by atoms with Crippen LogP contribution in [0.4, 0.5) is 0 Å². The Morgan fingerprint density at radius 1 is 1.13 bits per heavy atom. The number of nitrogens with zero attached hydrogens (tertiary/aromatic N) is 3. The van der Waals surface area contributed by atoms with E-state index in [2.05, 4.69) is 43.3 Å². The van der Waals surface area contributed by atoms with Gasteiger partial charge in [0.1, 0.15) is 0 Å². The predicted molar refractivity (Wildman–Crippen MR) is 120 cm³/mol. The second-order valence-corrected chi connectivity index (χ2v) is 9.86. The van der Waals surface area contributed by atoms with Gasteiger partial charge in [0.2, 0.25) is 11.8 Å². The fraction of sp³-hybridized carbons (Fsp3) is 0.458. The fourth-order valence-electron chi connectivity index (χ4n) is 4.49. The molecular formula is C24H29N3O2S. The van der Waals surface area contributed by atoms with Crippen LogP contribution in [0.15, 0.2) is 36.4 Å². The Morgan fingerprint density at radius 3 is 2.53 bits per heavy atom. The van der Waals surface area contributed by atoms with Gasteiger partial charge in [-0.25, -0.2) is 4.98 Å². The number of likely N-dealkylation sites (N-methyl/N-ethyl adjacent to an activating group) is 1. The highest BCUT2D eigenvalue weighted by Crippen LogP contribution is 2.39. The molecule has 158 valence electrons. The molecule has 0 saturated carbocycles. The molecule has 0 unspecified atom stereocenters. The second kappa shape index (κ2) is 8.34. The maximum atomic E-state index is 13.1. The van der Waals surface area contributed by atoms with Crippen molar-refractivity contribution in [3.63, 3.8) is 0 Å². The summed E-state index contributed by atoms with van der Waals surface area (Å²) >= 11 is 1.60. The normalized spacial score (nSPS) is 18.7. The van der Waals surface area contributed by atoms with Crippen molar-refractivity contribution in [1.29, 1.82) is 0 Å². The number of aryl methyl sites for hydroxylation is 2. The van der Waals surface area contributed by atoms with Crippen molar-refractivity contribution in [2.75, 3.05) is 26.7 Å². The molecule has 1 aromatic heterocycles. The Labute approximate surface area is 182 Å². The van der Waals surface area contributed by atoms with Gasteiger partial charge >= 0.3 is 0 Å². The third-order valence-corrected chi connectivity index (χ3v) is 7.34. The number of amides is 2. The molecule has 2 amide bonds. The van der Waals surface area contributed by atoms with E-state index < -0.39 is 0 Å². The summed E-state index contributed by atoms with van der Waals surface area (Å²) in [7, 11) is 1.87. The lowest BCUT2D eigenvalue weighted by Crippen LogP contribution is -2.50. The maximum absolute atomic E-state index is 13.1. The number of thiazole rings is 1. The second-order valence-electron chi connectivity index (χ2n) is 8.57. The highest BCUT2D eigenvalue weighted by atomic mass is 32.1. The van der Waals surface area contributed by atoms with E-state index in [1.165, 1.54) is 5.56 Å². The molecule has 5 nitrogen and oxygen atoms in total. The topological polar surface area (TPSA) is 53.5 Å². The number of hydrogen-bond acceptors (Lipinski definition) is 4. The summed E-state index contributed by atoms with van der Waals surface area (Å²) < 4.78 is 0. The van der Waals surface area contributed by atoms with Gasteiger partial charge in [0.25, 0.3) is 0 Å². The molecule has 2 aliphatic heterocycles. The first-order chi connectivity index (χ1) is 14.4. The van der Waals surface area contributed by atoms with Gasteiger partial charge < -0.3 is 9.80 Å². The van der Waals surface area contributed by atoms with Gasteiger partial charge in [0.05, 0.1) is 22.5 Å². The van der Waals surface area contributed by atoms with E-state index in [-0.39, 0.29) is 17.2 Å². The van der Waals surface area contributed by atoms with Crippen molar-refractivity contribution in [3.8, 4) is 11.3 Å². The number of aromatic nitrogens is 1. The van der Waals surface area contributed by atoms with E-state index in [4.69, 9.17) is 4.98 Å². The monoisotopic (exact) mass is 423 g/mol. The summed E-state index contributed by atoms with van der Waals surface area (Å²) in [5.41, 5.74) is 2.85. The van der Waals surface area contributed by atoms with Crippen LogP contribution in [0.25, 0.3) is 11.3 Å². The maximum Gasteiger partial charge on any atom is 0.229 e. The molecule has 0 atom stereocenters.